The van der Waals surface area contributed by atoms with Gasteiger partial charge in [0.15, 0.2) is 0 Å². The summed E-state index contributed by atoms with van der Waals surface area (Å²) in [4.78, 5) is 24.7. The maximum atomic E-state index is 12.5. The van der Waals surface area contributed by atoms with Crippen molar-refractivity contribution >= 4 is 13.8 Å². The second kappa shape index (κ2) is 28.7. The molecule has 0 spiro atoms. The van der Waals surface area contributed by atoms with Crippen molar-refractivity contribution in [3.05, 3.63) is 12.2 Å². The Hall–Kier alpha value is -0.760. The molecule has 2 unspecified atom stereocenters. The maximum Gasteiger partial charge on any atom is 0.306 e. The van der Waals surface area contributed by atoms with E-state index in [2.05, 4.69) is 26.0 Å². The van der Waals surface area contributed by atoms with Gasteiger partial charge in [0, 0.05) is 13.0 Å². The van der Waals surface area contributed by atoms with E-state index in [1.807, 2.05) is 21.1 Å². The van der Waals surface area contributed by atoms with Gasteiger partial charge in [-0.3, -0.25) is 9.36 Å². The molecule has 2 atom stereocenters. The highest BCUT2D eigenvalue weighted by molar-refractivity contribution is 7.45. The predicted molar refractivity (Wildman–Crippen MR) is 176 cm³/mol. The first-order valence-corrected chi connectivity index (χ1v) is 18.9. The molecule has 0 aliphatic carbocycles. The lowest BCUT2D eigenvalue weighted by Gasteiger charge is -2.28. The molecule has 256 valence electrons. The Morgan fingerprint density at radius 1 is 0.698 bits per heavy atom. The van der Waals surface area contributed by atoms with Gasteiger partial charge in [0.1, 0.15) is 19.3 Å². The second-order valence-corrected chi connectivity index (χ2v) is 14.3. The van der Waals surface area contributed by atoms with Crippen LogP contribution in [0.3, 0.4) is 0 Å². The quantitative estimate of drug-likeness (QED) is 0.0241. The highest BCUT2D eigenvalue weighted by Gasteiger charge is 2.20. The number of ether oxygens (including phenoxy) is 2. The third-order valence-electron chi connectivity index (χ3n) is 7.32. The van der Waals surface area contributed by atoms with E-state index in [0.717, 1.165) is 44.9 Å². The van der Waals surface area contributed by atoms with Crippen LogP contribution in [0.15, 0.2) is 12.2 Å². The van der Waals surface area contributed by atoms with Crippen molar-refractivity contribution < 1.29 is 37.3 Å². The molecule has 43 heavy (non-hydrogen) atoms. The molecule has 0 saturated carbocycles. The number of unbranched alkanes of at least 4 members (excludes halogenated alkanes) is 16. The molecule has 0 saturated heterocycles. The van der Waals surface area contributed by atoms with Crippen LogP contribution in [0.2, 0.25) is 0 Å². The van der Waals surface area contributed by atoms with Gasteiger partial charge in [-0.2, -0.15) is 0 Å². The normalized spacial score (nSPS) is 14.3. The molecule has 0 bridgehead atoms. The summed E-state index contributed by atoms with van der Waals surface area (Å²) in [7, 11) is 1.35. The maximum absolute atomic E-state index is 12.5. The van der Waals surface area contributed by atoms with Gasteiger partial charge in [0.05, 0.1) is 34.4 Å². The molecule has 0 radical (unpaired) electrons. The number of rotatable bonds is 32. The zero-order chi connectivity index (χ0) is 32.1. The third kappa shape index (κ3) is 32.4. The van der Waals surface area contributed by atoms with Gasteiger partial charge in [-0.15, -0.1) is 0 Å². The van der Waals surface area contributed by atoms with Gasteiger partial charge < -0.3 is 27.9 Å². The summed E-state index contributed by atoms with van der Waals surface area (Å²) in [6.45, 7) is 5.34. The van der Waals surface area contributed by atoms with Crippen LogP contribution in [0.4, 0.5) is 0 Å². The second-order valence-electron chi connectivity index (χ2n) is 12.9. The van der Waals surface area contributed by atoms with Crippen molar-refractivity contribution in [1.82, 2.24) is 0 Å². The lowest BCUT2D eigenvalue weighted by molar-refractivity contribution is -0.870. The summed E-state index contributed by atoms with van der Waals surface area (Å²) in [5.41, 5.74) is 0. The summed E-state index contributed by atoms with van der Waals surface area (Å²) in [6, 6.07) is 0. The molecular weight excluding hydrogens is 565 g/mol. The summed E-state index contributed by atoms with van der Waals surface area (Å²) < 4.78 is 34.2. The zero-order valence-electron chi connectivity index (χ0n) is 28.7. The fraction of sp³-hybridized carbons (Fsp3) is 0.912. The Morgan fingerprint density at radius 3 is 1.77 bits per heavy atom. The summed E-state index contributed by atoms with van der Waals surface area (Å²) in [6.07, 6.45) is 26.6. The minimum Gasteiger partial charge on any atom is -0.756 e. The molecule has 0 amide bonds. The number of phosphoric ester groups is 1. The molecule has 0 aromatic carbocycles. The van der Waals surface area contributed by atoms with Crippen LogP contribution in [0.5, 0.6) is 0 Å². The van der Waals surface area contributed by atoms with E-state index in [9.17, 15) is 14.3 Å². The minimum absolute atomic E-state index is 0.0265. The molecule has 0 aliphatic rings. The molecule has 0 heterocycles. The van der Waals surface area contributed by atoms with Crippen LogP contribution < -0.4 is 4.89 Å². The van der Waals surface area contributed by atoms with Crippen LogP contribution in [0.1, 0.15) is 142 Å². The number of quaternary nitrogens is 1. The Bertz CT molecular complexity index is 711. The number of esters is 1. The van der Waals surface area contributed by atoms with Gasteiger partial charge in [0.2, 0.25) is 0 Å². The topological polar surface area (TPSA) is 94.1 Å². The van der Waals surface area contributed by atoms with Crippen LogP contribution in [0, 0.1) is 0 Å². The van der Waals surface area contributed by atoms with E-state index in [-0.39, 0.29) is 25.8 Å². The van der Waals surface area contributed by atoms with Crippen LogP contribution >= 0.6 is 7.82 Å². The molecule has 9 heteroatoms. The van der Waals surface area contributed by atoms with E-state index in [1.165, 1.54) is 77.0 Å². The number of likely N-dealkylation sites (N-methyl/N-ethyl adjacent to an activating group) is 1. The van der Waals surface area contributed by atoms with Crippen molar-refractivity contribution in [1.29, 1.82) is 0 Å². The molecule has 0 aromatic heterocycles. The molecule has 8 nitrogen and oxygen atoms in total. The molecule has 0 N–H and O–H groups in total. The zero-order valence-corrected chi connectivity index (χ0v) is 29.6. The average Bonchev–Trinajstić information content (AvgIpc) is 2.94. The Morgan fingerprint density at radius 2 is 1.21 bits per heavy atom. The third-order valence-corrected chi connectivity index (χ3v) is 8.28. The Balaban J connectivity index is 4.25. The van der Waals surface area contributed by atoms with Gasteiger partial charge >= 0.3 is 5.97 Å². The number of carbonyl (C=O) groups excluding carboxylic acids is 1. The number of phosphoric acid groups is 1. The first kappa shape index (κ1) is 42.2. The Kier molecular flexibility index (Phi) is 28.2. The van der Waals surface area contributed by atoms with E-state index in [1.54, 1.807) is 0 Å². The fourth-order valence-electron chi connectivity index (χ4n) is 4.54. The van der Waals surface area contributed by atoms with Gasteiger partial charge in [-0.1, -0.05) is 109 Å². The van der Waals surface area contributed by atoms with Crippen molar-refractivity contribution in [2.24, 2.45) is 0 Å². The Labute approximate surface area is 265 Å². The number of nitrogens with zero attached hydrogens (tertiary/aromatic N) is 1. The van der Waals surface area contributed by atoms with Crippen molar-refractivity contribution in [3.63, 3.8) is 0 Å². The van der Waals surface area contributed by atoms with E-state index < -0.39 is 13.9 Å². The number of allylic oxidation sites excluding steroid dienone is 2. The van der Waals surface area contributed by atoms with Gasteiger partial charge in [-0.25, -0.2) is 0 Å². The SMILES string of the molecule is CCCCCCCC/C=C\CCCCCCCC(=O)OC(COCCCCCCCC)COP(=O)([O-])OCC[N+](C)(C)C. The molecule has 0 fully saturated rings. The van der Waals surface area contributed by atoms with Gasteiger partial charge in [-0.05, 0) is 38.5 Å². The van der Waals surface area contributed by atoms with Crippen LogP contribution in [-0.4, -0.2) is 70.7 Å². The predicted octanol–water partition coefficient (Wildman–Crippen LogP) is 8.52. The summed E-state index contributed by atoms with van der Waals surface area (Å²) in [5.74, 6) is -0.346. The first-order valence-electron chi connectivity index (χ1n) is 17.4. The van der Waals surface area contributed by atoms with Crippen molar-refractivity contribution in [3.8, 4) is 0 Å². The molecule has 0 aliphatic heterocycles. The van der Waals surface area contributed by atoms with Gasteiger partial charge in [0.25, 0.3) is 7.82 Å². The van der Waals surface area contributed by atoms with E-state index in [4.69, 9.17) is 18.5 Å². The monoisotopic (exact) mass is 633 g/mol. The smallest absolute Gasteiger partial charge is 0.306 e. The highest BCUT2D eigenvalue weighted by Crippen LogP contribution is 2.38. The summed E-state index contributed by atoms with van der Waals surface area (Å²) in [5, 5.41) is 0. The number of carbonyl (C=O) groups is 1. The van der Waals surface area contributed by atoms with Crippen LogP contribution in [-0.2, 0) is 27.9 Å². The minimum atomic E-state index is -4.50. The lowest BCUT2D eigenvalue weighted by Crippen LogP contribution is -2.37. The fourth-order valence-corrected chi connectivity index (χ4v) is 5.27. The van der Waals surface area contributed by atoms with Crippen LogP contribution in [0.25, 0.3) is 0 Å². The standard InChI is InChI=1S/C34H68NO7P/c1-6-8-10-12-14-15-16-17-18-19-20-21-22-23-25-27-34(36)42-33(31-39-29-26-24-13-11-9-7-2)32-41-43(37,38)40-30-28-35(3,4)5/h17-18,33H,6-16,19-32H2,1-5H3/b18-17-. The van der Waals surface area contributed by atoms with Crippen molar-refractivity contribution in [2.75, 3.05) is 54.1 Å². The van der Waals surface area contributed by atoms with Crippen molar-refractivity contribution in [2.45, 2.75) is 148 Å². The largest absolute Gasteiger partial charge is 0.756 e. The lowest BCUT2D eigenvalue weighted by atomic mass is 10.1. The van der Waals surface area contributed by atoms with E-state index in [0.29, 0.717) is 24.1 Å². The number of hydrogen-bond acceptors (Lipinski definition) is 7. The van der Waals surface area contributed by atoms with E-state index >= 15 is 0 Å². The molecule has 0 rings (SSSR count). The highest BCUT2D eigenvalue weighted by atomic mass is 31.2. The molecule has 0 aromatic rings. The molecular formula is C34H68NO7P. The first-order chi connectivity index (χ1) is 20.6. The summed E-state index contributed by atoms with van der Waals surface area (Å²) >= 11 is 0. The average molecular weight is 634 g/mol. The number of hydrogen-bond donors (Lipinski definition) is 0.